The first-order chi connectivity index (χ1) is 18.5. The molecule has 0 saturated carbocycles. The molecule has 0 aromatic heterocycles. The molecule has 200 valence electrons. The second kappa shape index (κ2) is 9.56. The Hall–Kier alpha value is -5.25. The van der Waals surface area contributed by atoms with Crippen LogP contribution >= 0.6 is 0 Å². The molecule has 4 aromatic carbocycles. The smallest absolute Gasteiger partial charge is 0.200 e. The molecule has 10 nitrogen and oxygen atoms in total. The van der Waals surface area contributed by atoms with Gasteiger partial charge in [-0.25, -0.2) is 0 Å². The van der Waals surface area contributed by atoms with Gasteiger partial charge >= 0.3 is 0 Å². The second-order valence-electron chi connectivity index (χ2n) is 9.37. The van der Waals surface area contributed by atoms with Crippen LogP contribution in [0.15, 0.2) is 60.7 Å². The van der Waals surface area contributed by atoms with Gasteiger partial charge in [-0.05, 0) is 53.9 Å². The van der Waals surface area contributed by atoms with Gasteiger partial charge in [0.2, 0.25) is 0 Å². The Morgan fingerprint density at radius 3 is 2.03 bits per heavy atom. The summed E-state index contributed by atoms with van der Waals surface area (Å²) in [6, 6.07) is 13.3. The van der Waals surface area contributed by atoms with Crippen molar-refractivity contribution in [2.75, 3.05) is 0 Å². The van der Waals surface area contributed by atoms with Crippen molar-refractivity contribution in [1.29, 1.82) is 0 Å². The van der Waals surface area contributed by atoms with Crippen LogP contribution in [0.1, 0.15) is 38.7 Å². The van der Waals surface area contributed by atoms with Gasteiger partial charge in [0.05, 0.1) is 5.92 Å². The lowest BCUT2D eigenvalue weighted by atomic mass is 9.80. The summed E-state index contributed by atoms with van der Waals surface area (Å²) in [6.45, 7) is 0. The van der Waals surface area contributed by atoms with Gasteiger partial charge in [-0.15, -0.1) is 0 Å². The van der Waals surface area contributed by atoms with Gasteiger partial charge in [-0.2, -0.15) is 0 Å². The molecule has 0 aliphatic carbocycles. The summed E-state index contributed by atoms with van der Waals surface area (Å²) in [6.07, 6.45) is -1.05. The largest absolute Gasteiger partial charge is 0.508 e. The molecule has 1 heterocycles. The first-order valence-corrected chi connectivity index (χ1v) is 11.9. The van der Waals surface area contributed by atoms with Gasteiger partial charge in [0, 0.05) is 29.2 Å². The zero-order valence-electron chi connectivity index (χ0n) is 20.2. The molecule has 5 rings (SSSR count). The van der Waals surface area contributed by atoms with E-state index < -0.39 is 46.6 Å². The van der Waals surface area contributed by atoms with Crippen LogP contribution in [-0.4, -0.2) is 46.6 Å². The molecule has 0 radical (unpaired) electrons. The lowest BCUT2D eigenvalue weighted by Gasteiger charge is -2.35. The minimum Gasteiger partial charge on any atom is -0.508 e. The second-order valence-corrected chi connectivity index (χ2v) is 9.37. The Kier molecular flexibility index (Phi) is 6.23. The minimum absolute atomic E-state index is 0.0619. The number of carbonyl (C=O) groups excluding carboxylic acids is 1. The number of ether oxygens (including phenoxy) is 1. The Labute approximate surface area is 221 Å². The summed E-state index contributed by atoms with van der Waals surface area (Å²) in [5.41, 5.74) is 1.40. The molecule has 0 fully saturated rings. The maximum absolute atomic E-state index is 13.7. The van der Waals surface area contributed by atoms with Crippen molar-refractivity contribution in [1.82, 2.24) is 0 Å². The van der Waals surface area contributed by atoms with E-state index in [9.17, 15) is 45.6 Å². The van der Waals surface area contributed by atoms with E-state index in [1.807, 2.05) is 0 Å². The first-order valence-electron chi connectivity index (χ1n) is 11.9. The number of benzene rings is 4. The summed E-state index contributed by atoms with van der Waals surface area (Å²) in [4.78, 5) is 13.7. The highest BCUT2D eigenvalue weighted by atomic mass is 16.5. The summed E-state index contributed by atoms with van der Waals surface area (Å²) in [5, 5.41) is 80.7. The predicted molar refractivity (Wildman–Crippen MR) is 137 cm³/mol. The highest BCUT2D eigenvalue weighted by molar-refractivity contribution is 6.00. The van der Waals surface area contributed by atoms with Gasteiger partial charge in [0.25, 0.3) is 0 Å². The van der Waals surface area contributed by atoms with Crippen LogP contribution in [0.5, 0.6) is 51.7 Å². The van der Waals surface area contributed by atoms with Gasteiger partial charge in [0.1, 0.15) is 29.1 Å². The van der Waals surface area contributed by atoms with Crippen molar-refractivity contribution >= 4 is 5.78 Å². The number of rotatable bonds is 5. The fraction of sp³-hybridized carbons (Fsp3) is 0.138. The van der Waals surface area contributed by atoms with Gasteiger partial charge in [-0.3, -0.25) is 4.79 Å². The molecule has 0 unspecified atom stereocenters. The Bertz CT molecular complexity index is 1570. The van der Waals surface area contributed by atoms with Crippen molar-refractivity contribution in [3.8, 4) is 51.7 Å². The number of ketones is 1. The van der Waals surface area contributed by atoms with E-state index >= 15 is 0 Å². The van der Waals surface area contributed by atoms with Crippen LogP contribution in [0, 0.1) is 5.92 Å². The van der Waals surface area contributed by atoms with E-state index in [-0.39, 0.29) is 47.0 Å². The van der Waals surface area contributed by atoms with Crippen molar-refractivity contribution in [3.63, 3.8) is 0 Å². The number of fused-ring (bicyclic) bond motifs is 1. The number of aromatic hydroxyl groups is 8. The summed E-state index contributed by atoms with van der Waals surface area (Å²) < 4.78 is 6.28. The molecule has 0 bridgehead atoms. The topological polar surface area (TPSA) is 188 Å². The highest BCUT2D eigenvalue weighted by Gasteiger charge is 2.40. The molecule has 2 atom stereocenters. The SMILES string of the molecule is O=C(c1cc(O)c(O)c(O)c1)[C@@H]1Cc2c(O)cc(O)c(Cc3ccc(O)cc3)c2O[C@H]1c1ccc(O)c(O)c1. The molecule has 1 aliphatic heterocycles. The normalized spacial score (nSPS) is 16.3. The molecule has 4 aromatic rings. The number of hydrogen-bond acceptors (Lipinski definition) is 10. The van der Waals surface area contributed by atoms with Crippen LogP contribution in [-0.2, 0) is 12.8 Å². The average molecular weight is 533 g/mol. The molecule has 0 saturated heterocycles. The Balaban J connectivity index is 1.64. The van der Waals surface area contributed by atoms with Crippen LogP contribution in [0.4, 0.5) is 0 Å². The monoisotopic (exact) mass is 532 g/mol. The molecular weight excluding hydrogens is 508 g/mol. The van der Waals surface area contributed by atoms with E-state index in [4.69, 9.17) is 4.74 Å². The van der Waals surface area contributed by atoms with Crippen molar-refractivity contribution in [2.45, 2.75) is 18.9 Å². The van der Waals surface area contributed by atoms with Crippen LogP contribution in [0.2, 0.25) is 0 Å². The third kappa shape index (κ3) is 4.63. The third-order valence-corrected chi connectivity index (χ3v) is 6.81. The molecule has 0 spiro atoms. The van der Waals surface area contributed by atoms with E-state index in [1.165, 1.54) is 30.3 Å². The average Bonchev–Trinajstić information content (AvgIpc) is 2.91. The van der Waals surface area contributed by atoms with Crippen molar-refractivity contribution < 1.29 is 50.4 Å². The fourth-order valence-corrected chi connectivity index (χ4v) is 4.79. The fourth-order valence-electron chi connectivity index (χ4n) is 4.79. The molecular formula is C29H24O10. The Morgan fingerprint density at radius 2 is 1.38 bits per heavy atom. The van der Waals surface area contributed by atoms with Gasteiger partial charge in [-0.1, -0.05) is 18.2 Å². The number of hydrogen-bond donors (Lipinski definition) is 8. The number of phenolic OH excluding ortho intramolecular Hbond substituents is 8. The van der Waals surface area contributed by atoms with E-state index in [1.54, 1.807) is 12.1 Å². The first kappa shape index (κ1) is 25.4. The lowest BCUT2D eigenvalue weighted by Crippen LogP contribution is -2.32. The summed E-state index contributed by atoms with van der Waals surface area (Å²) >= 11 is 0. The van der Waals surface area contributed by atoms with Crippen LogP contribution in [0.25, 0.3) is 0 Å². The lowest BCUT2D eigenvalue weighted by molar-refractivity contribution is 0.0676. The Morgan fingerprint density at radius 1 is 0.718 bits per heavy atom. The standard InChI is InChI=1S/C29H24O10/c30-16-4-1-13(2-5-16)7-17-21(32)12-22(33)18-11-19(26(37)15-9-24(35)27(38)25(36)10-15)28(39-29(17)18)14-3-6-20(31)23(34)8-14/h1-6,8-10,12,19,28,30-36,38H,7,11H2/t19-,28-/m0/s1. The van der Waals surface area contributed by atoms with Gasteiger partial charge in [0.15, 0.2) is 34.5 Å². The zero-order valence-corrected chi connectivity index (χ0v) is 20.2. The van der Waals surface area contributed by atoms with E-state index in [0.717, 1.165) is 18.2 Å². The quantitative estimate of drug-likeness (QED) is 0.137. The van der Waals surface area contributed by atoms with Crippen LogP contribution in [0.3, 0.4) is 0 Å². The summed E-state index contributed by atoms with van der Waals surface area (Å²) in [7, 11) is 0. The van der Waals surface area contributed by atoms with Crippen molar-refractivity contribution in [2.24, 2.45) is 5.92 Å². The van der Waals surface area contributed by atoms with Crippen molar-refractivity contribution in [3.05, 3.63) is 88.5 Å². The van der Waals surface area contributed by atoms with Gasteiger partial charge < -0.3 is 45.6 Å². The van der Waals surface area contributed by atoms with Crippen LogP contribution < -0.4 is 4.74 Å². The van der Waals surface area contributed by atoms with E-state index in [0.29, 0.717) is 16.7 Å². The molecule has 1 aliphatic rings. The maximum atomic E-state index is 13.7. The number of carbonyl (C=O) groups is 1. The zero-order chi connectivity index (χ0) is 28.0. The minimum atomic E-state index is -1.10. The molecule has 0 amide bonds. The molecule has 8 N–H and O–H groups in total. The summed E-state index contributed by atoms with van der Waals surface area (Å²) in [5.74, 6) is -5.14. The molecule has 39 heavy (non-hydrogen) atoms. The van der Waals surface area contributed by atoms with E-state index in [2.05, 4.69) is 0 Å². The third-order valence-electron chi connectivity index (χ3n) is 6.81. The number of Topliss-reactive ketones (excluding diaryl/α,β-unsaturated/α-hetero) is 1. The number of phenols is 8. The maximum Gasteiger partial charge on any atom is 0.200 e. The predicted octanol–water partition coefficient (Wildman–Crippen LogP) is 4.10. The highest BCUT2D eigenvalue weighted by Crippen LogP contribution is 2.49. The molecule has 10 heteroatoms.